The number of nitrogens with zero attached hydrogens (tertiary/aromatic N) is 3. The van der Waals surface area contributed by atoms with Crippen LogP contribution in [0.5, 0.6) is 0 Å². The second-order valence-corrected chi connectivity index (χ2v) is 13.8. The van der Waals surface area contributed by atoms with Gasteiger partial charge in [-0.2, -0.15) is 4.99 Å². The van der Waals surface area contributed by atoms with Gasteiger partial charge in [0, 0.05) is 51.5 Å². The number of aliphatic imine (C=N–C) groups is 1. The SMILES string of the molecule is Cn1c(=O)n(C)c2cc(-c3cccc(C4=CC(c5ccccc5-c5ccc6sc7ccccc7c6c5)[NH2+]C(c5ccccc5)=N4)c3)ccc21. The fraction of sp³-hybridized carbons (Fsp3) is 0.0698. The molecule has 5 nitrogen and oxygen atoms in total. The predicted molar refractivity (Wildman–Crippen MR) is 204 cm³/mol. The molecule has 0 amide bonds. The quantitative estimate of drug-likeness (QED) is 0.199. The first-order chi connectivity index (χ1) is 24.0. The molecule has 6 aromatic carbocycles. The third-order valence-corrected chi connectivity index (χ3v) is 10.9. The summed E-state index contributed by atoms with van der Waals surface area (Å²) in [7, 11) is 3.64. The molecule has 1 aliphatic heterocycles. The molecule has 49 heavy (non-hydrogen) atoms. The van der Waals surface area contributed by atoms with Gasteiger partial charge in [0.15, 0.2) is 0 Å². The van der Waals surface area contributed by atoms with Crippen LogP contribution in [-0.2, 0) is 14.1 Å². The van der Waals surface area contributed by atoms with Crippen LogP contribution in [-0.4, -0.2) is 15.0 Å². The Bertz CT molecular complexity index is 2690. The molecule has 0 saturated heterocycles. The first-order valence-corrected chi connectivity index (χ1v) is 17.3. The number of hydrogen-bond donors (Lipinski definition) is 1. The van der Waals surface area contributed by atoms with E-state index in [0.29, 0.717) is 0 Å². The van der Waals surface area contributed by atoms with Crippen molar-refractivity contribution in [2.24, 2.45) is 19.1 Å². The Labute approximate surface area is 287 Å². The summed E-state index contributed by atoms with van der Waals surface area (Å²) in [6, 6.07) is 49.6. The van der Waals surface area contributed by atoms with Crippen molar-refractivity contribution < 1.29 is 5.32 Å². The second-order valence-electron chi connectivity index (χ2n) is 12.7. The summed E-state index contributed by atoms with van der Waals surface area (Å²) in [6.45, 7) is 0. The van der Waals surface area contributed by atoms with Crippen molar-refractivity contribution in [3.05, 3.63) is 173 Å². The van der Waals surface area contributed by atoms with Crippen LogP contribution in [0.25, 0.3) is 59.2 Å². The van der Waals surface area contributed by atoms with Crippen LogP contribution >= 0.6 is 11.3 Å². The second kappa shape index (κ2) is 11.7. The fourth-order valence-corrected chi connectivity index (χ4v) is 8.28. The summed E-state index contributed by atoms with van der Waals surface area (Å²) >= 11 is 1.85. The lowest BCUT2D eigenvalue weighted by molar-refractivity contribution is -0.575. The van der Waals surface area contributed by atoms with Crippen molar-refractivity contribution in [2.45, 2.75) is 6.04 Å². The highest BCUT2D eigenvalue weighted by molar-refractivity contribution is 7.25. The number of rotatable bonds is 5. The summed E-state index contributed by atoms with van der Waals surface area (Å²) in [4.78, 5) is 17.9. The van der Waals surface area contributed by atoms with Crippen molar-refractivity contribution in [1.82, 2.24) is 9.13 Å². The number of hydrogen-bond acceptors (Lipinski definition) is 3. The third kappa shape index (κ3) is 5.05. The molecule has 0 radical (unpaired) electrons. The fourth-order valence-electron chi connectivity index (χ4n) is 7.19. The van der Waals surface area contributed by atoms with Gasteiger partial charge in [-0.25, -0.2) is 4.79 Å². The Morgan fingerprint density at radius 2 is 1.29 bits per heavy atom. The third-order valence-electron chi connectivity index (χ3n) is 9.76. The van der Waals surface area contributed by atoms with Gasteiger partial charge in [-0.1, -0.05) is 91.0 Å². The van der Waals surface area contributed by atoms with E-state index >= 15 is 0 Å². The summed E-state index contributed by atoms with van der Waals surface area (Å²) in [6.07, 6.45) is 2.30. The lowest BCUT2D eigenvalue weighted by Crippen LogP contribution is -2.89. The Hall–Kier alpha value is -5.82. The van der Waals surface area contributed by atoms with Gasteiger partial charge in [0.1, 0.15) is 6.04 Å². The zero-order chi connectivity index (χ0) is 33.1. The molecule has 8 aromatic rings. The number of amidine groups is 1. The number of thiophene rings is 1. The number of aryl methyl sites for hydroxylation is 2. The van der Waals surface area contributed by atoms with Gasteiger partial charge >= 0.3 is 5.69 Å². The van der Waals surface area contributed by atoms with E-state index in [0.717, 1.165) is 44.8 Å². The van der Waals surface area contributed by atoms with E-state index in [1.165, 1.54) is 36.9 Å². The van der Waals surface area contributed by atoms with E-state index in [-0.39, 0.29) is 11.7 Å². The van der Waals surface area contributed by atoms with E-state index in [2.05, 4.69) is 139 Å². The average Bonchev–Trinajstić information content (AvgIpc) is 3.64. The van der Waals surface area contributed by atoms with E-state index in [1.54, 1.807) is 9.13 Å². The molecule has 6 heteroatoms. The zero-order valence-electron chi connectivity index (χ0n) is 27.2. The van der Waals surface area contributed by atoms with Crippen molar-refractivity contribution >= 4 is 54.1 Å². The van der Waals surface area contributed by atoms with Crippen LogP contribution in [0.15, 0.2) is 155 Å². The van der Waals surface area contributed by atoms with E-state index < -0.39 is 0 Å². The zero-order valence-corrected chi connectivity index (χ0v) is 28.0. The number of benzene rings is 6. The Balaban J connectivity index is 1.16. The Morgan fingerprint density at radius 1 is 0.592 bits per heavy atom. The van der Waals surface area contributed by atoms with Crippen molar-refractivity contribution in [2.75, 3.05) is 0 Å². The molecule has 236 valence electrons. The van der Waals surface area contributed by atoms with E-state index in [9.17, 15) is 4.79 Å². The lowest BCUT2D eigenvalue weighted by atomic mass is 9.91. The van der Waals surface area contributed by atoms with Gasteiger partial charge in [0.25, 0.3) is 0 Å². The van der Waals surface area contributed by atoms with Gasteiger partial charge in [0.05, 0.1) is 22.3 Å². The number of fused-ring (bicyclic) bond motifs is 4. The molecule has 0 bridgehead atoms. The molecule has 3 heterocycles. The largest absolute Gasteiger partial charge is 0.328 e. The molecule has 1 aliphatic rings. The molecule has 0 spiro atoms. The Kier molecular flexibility index (Phi) is 7.00. The van der Waals surface area contributed by atoms with Gasteiger partial charge in [-0.05, 0) is 70.8 Å². The lowest BCUT2D eigenvalue weighted by Gasteiger charge is -2.22. The molecule has 0 saturated carbocycles. The highest BCUT2D eigenvalue weighted by atomic mass is 32.1. The number of aromatic nitrogens is 2. The number of nitrogens with two attached hydrogens (primary N) is 1. The highest BCUT2D eigenvalue weighted by Gasteiger charge is 2.26. The molecule has 9 rings (SSSR count). The topological polar surface area (TPSA) is 55.9 Å². The first-order valence-electron chi connectivity index (χ1n) is 16.5. The number of quaternary nitrogens is 1. The summed E-state index contributed by atoms with van der Waals surface area (Å²) in [5.74, 6) is 0.961. The molecule has 2 N–H and O–H groups in total. The molecular formula is C43H33N4OS+. The van der Waals surface area contributed by atoms with E-state index in [1.807, 2.05) is 37.6 Å². The minimum absolute atomic E-state index is 0.00710. The van der Waals surface area contributed by atoms with E-state index in [4.69, 9.17) is 4.99 Å². The van der Waals surface area contributed by atoms with Crippen molar-refractivity contribution in [3.63, 3.8) is 0 Å². The maximum absolute atomic E-state index is 12.6. The van der Waals surface area contributed by atoms with Gasteiger partial charge in [0.2, 0.25) is 5.84 Å². The highest BCUT2D eigenvalue weighted by Crippen LogP contribution is 2.38. The van der Waals surface area contributed by atoms with Crippen LogP contribution in [0.4, 0.5) is 0 Å². The summed E-state index contributed by atoms with van der Waals surface area (Å²) < 4.78 is 6.02. The number of imidazole rings is 1. The van der Waals surface area contributed by atoms with Crippen LogP contribution in [0.2, 0.25) is 0 Å². The minimum atomic E-state index is -0.0257. The van der Waals surface area contributed by atoms with Crippen LogP contribution in [0, 0.1) is 0 Å². The summed E-state index contributed by atoms with van der Waals surface area (Å²) in [5.41, 5.74) is 10.7. The van der Waals surface area contributed by atoms with Crippen molar-refractivity contribution in [1.29, 1.82) is 0 Å². The average molecular weight is 654 g/mol. The summed E-state index contributed by atoms with van der Waals surface area (Å²) in [5, 5.41) is 4.90. The predicted octanol–water partition coefficient (Wildman–Crippen LogP) is 8.68. The maximum Gasteiger partial charge on any atom is 0.328 e. The van der Waals surface area contributed by atoms with Crippen molar-refractivity contribution in [3.8, 4) is 22.3 Å². The normalized spacial score (nSPS) is 14.8. The molecule has 1 unspecified atom stereocenters. The van der Waals surface area contributed by atoms with Crippen LogP contribution in [0.1, 0.15) is 22.7 Å². The maximum atomic E-state index is 12.6. The standard InChI is InChI=1S/C43H32N4OS/c1-46-38-21-19-29(25-39(38)47(2)43(46)48)28-13-10-14-31(23-28)36-26-37(45-42(44-36)27-11-4-3-5-12-27)33-16-7-6-15-32(33)30-20-22-41-35(24-30)34-17-8-9-18-40(34)49-41/h3-26,37H,1-2H3,(H,44,45)/p+1. The van der Waals surface area contributed by atoms with Gasteiger partial charge in [-0.3, -0.25) is 14.5 Å². The van der Waals surface area contributed by atoms with Crippen LogP contribution < -0.4 is 11.0 Å². The van der Waals surface area contributed by atoms with Crippen LogP contribution in [0.3, 0.4) is 0 Å². The smallest absolute Gasteiger partial charge is 0.295 e. The molecular weight excluding hydrogens is 621 g/mol. The Morgan fingerprint density at radius 3 is 2.18 bits per heavy atom. The molecule has 0 aliphatic carbocycles. The molecule has 0 fully saturated rings. The molecule has 1 atom stereocenters. The molecule has 2 aromatic heterocycles. The monoisotopic (exact) mass is 653 g/mol. The first kappa shape index (κ1) is 29.3. The van der Waals surface area contributed by atoms with Gasteiger partial charge < -0.3 is 0 Å². The van der Waals surface area contributed by atoms with Gasteiger partial charge in [-0.15, -0.1) is 11.3 Å². The minimum Gasteiger partial charge on any atom is -0.295 e.